The summed E-state index contributed by atoms with van der Waals surface area (Å²) in [5.74, 6) is -0.852. The van der Waals surface area contributed by atoms with Crippen molar-refractivity contribution in [1.29, 1.82) is 0 Å². The normalized spacial score (nSPS) is 11.2. The molecule has 8 heteroatoms. The molecule has 2 rings (SSSR count). The molecule has 0 bridgehead atoms. The standard InChI is InChI=1S/C17H18ClFN2O3S/c1-2-3-10-20-17(22)12-4-9-15(18)16(11-12)25(23,24)21-14-7-5-13(19)6-8-14/h4-9,11,21H,2-3,10H2,1H3,(H,20,22). The van der Waals surface area contributed by atoms with Gasteiger partial charge in [-0.15, -0.1) is 0 Å². The summed E-state index contributed by atoms with van der Waals surface area (Å²) in [5, 5.41) is 2.70. The molecule has 0 fully saturated rings. The maximum absolute atomic E-state index is 12.9. The summed E-state index contributed by atoms with van der Waals surface area (Å²) in [5.41, 5.74) is 0.384. The molecule has 0 aliphatic rings. The fourth-order valence-corrected chi connectivity index (χ4v) is 3.64. The minimum absolute atomic E-state index is 0.0141. The maximum Gasteiger partial charge on any atom is 0.263 e. The van der Waals surface area contributed by atoms with E-state index in [9.17, 15) is 17.6 Å². The van der Waals surface area contributed by atoms with E-state index in [0.717, 1.165) is 25.0 Å². The van der Waals surface area contributed by atoms with Gasteiger partial charge in [0.2, 0.25) is 0 Å². The van der Waals surface area contributed by atoms with E-state index < -0.39 is 15.8 Å². The third kappa shape index (κ3) is 5.17. The molecular formula is C17H18ClFN2O3S. The Labute approximate surface area is 151 Å². The molecule has 2 N–H and O–H groups in total. The Balaban J connectivity index is 2.26. The summed E-state index contributed by atoms with van der Waals surface area (Å²) in [4.78, 5) is 11.9. The number of anilines is 1. The summed E-state index contributed by atoms with van der Waals surface area (Å²) < 4.78 is 40.3. The van der Waals surface area contributed by atoms with Crippen molar-refractivity contribution in [3.05, 3.63) is 58.9 Å². The predicted octanol–water partition coefficient (Wildman–Crippen LogP) is 3.81. The van der Waals surface area contributed by atoms with E-state index in [2.05, 4.69) is 10.0 Å². The van der Waals surface area contributed by atoms with Crippen LogP contribution < -0.4 is 10.0 Å². The molecule has 0 aliphatic heterocycles. The van der Waals surface area contributed by atoms with Crippen LogP contribution in [0.4, 0.5) is 10.1 Å². The molecule has 0 aliphatic carbocycles. The van der Waals surface area contributed by atoms with Gasteiger partial charge < -0.3 is 5.32 Å². The lowest BCUT2D eigenvalue weighted by atomic mass is 10.2. The van der Waals surface area contributed by atoms with Crippen molar-refractivity contribution in [2.24, 2.45) is 0 Å². The molecule has 0 saturated carbocycles. The molecule has 0 radical (unpaired) electrons. The monoisotopic (exact) mass is 384 g/mol. The number of amides is 1. The minimum Gasteiger partial charge on any atom is -0.352 e. The highest BCUT2D eigenvalue weighted by Gasteiger charge is 2.20. The first-order chi connectivity index (χ1) is 11.8. The fourth-order valence-electron chi connectivity index (χ4n) is 2.06. The second-order valence-corrected chi connectivity index (χ2v) is 7.43. The molecule has 2 aromatic carbocycles. The number of halogens is 2. The van der Waals surface area contributed by atoms with E-state index in [1.165, 1.54) is 30.3 Å². The Kier molecular flexibility index (Phi) is 6.39. The SMILES string of the molecule is CCCCNC(=O)c1ccc(Cl)c(S(=O)(=O)Nc2ccc(F)cc2)c1. The zero-order chi connectivity index (χ0) is 18.4. The molecule has 0 saturated heterocycles. The minimum atomic E-state index is -4.02. The van der Waals surface area contributed by atoms with E-state index in [0.29, 0.717) is 6.54 Å². The van der Waals surface area contributed by atoms with E-state index in [4.69, 9.17) is 11.6 Å². The number of nitrogens with one attached hydrogen (secondary N) is 2. The molecule has 0 heterocycles. The van der Waals surface area contributed by atoms with Crippen LogP contribution >= 0.6 is 11.6 Å². The van der Waals surface area contributed by atoms with Crippen LogP contribution in [0.3, 0.4) is 0 Å². The van der Waals surface area contributed by atoms with Crippen molar-refractivity contribution < 1.29 is 17.6 Å². The molecular weight excluding hydrogens is 367 g/mol. The predicted molar refractivity (Wildman–Crippen MR) is 95.9 cm³/mol. The lowest BCUT2D eigenvalue weighted by molar-refractivity contribution is 0.0953. The molecule has 5 nitrogen and oxygen atoms in total. The van der Waals surface area contributed by atoms with Gasteiger partial charge in [0.15, 0.2) is 0 Å². The van der Waals surface area contributed by atoms with E-state index in [-0.39, 0.29) is 27.1 Å². The Morgan fingerprint density at radius 2 is 1.84 bits per heavy atom. The average Bonchev–Trinajstić information content (AvgIpc) is 2.57. The number of carbonyl (C=O) groups is 1. The van der Waals surface area contributed by atoms with Crippen molar-refractivity contribution in [1.82, 2.24) is 5.32 Å². The molecule has 0 aromatic heterocycles. The Hall–Kier alpha value is -2.12. The average molecular weight is 385 g/mol. The Morgan fingerprint density at radius 3 is 2.48 bits per heavy atom. The number of carbonyl (C=O) groups excluding carboxylic acids is 1. The van der Waals surface area contributed by atoms with Gasteiger partial charge in [0.25, 0.3) is 15.9 Å². The van der Waals surface area contributed by atoms with Gasteiger partial charge in [-0.2, -0.15) is 0 Å². The van der Waals surface area contributed by atoms with Crippen LogP contribution in [0.5, 0.6) is 0 Å². The summed E-state index contributed by atoms with van der Waals surface area (Å²) in [6, 6.07) is 8.89. The number of hydrogen-bond acceptors (Lipinski definition) is 3. The van der Waals surface area contributed by atoms with Gasteiger partial charge in [0.1, 0.15) is 10.7 Å². The first-order valence-corrected chi connectivity index (χ1v) is 9.55. The van der Waals surface area contributed by atoms with E-state index in [1.54, 1.807) is 0 Å². The molecule has 1 amide bonds. The van der Waals surface area contributed by atoms with Crippen LogP contribution in [0.1, 0.15) is 30.1 Å². The molecule has 134 valence electrons. The number of benzene rings is 2. The van der Waals surface area contributed by atoms with Crippen molar-refractivity contribution in [2.45, 2.75) is 24.7 Å². The highest BCUT2D eigenvalue weighted by Crippen LogP contribution is 2.25. The van der Waals surface area contributed by atoms with Crippen LogP contribution in [0.2, 0.25) is 5.02 Å². The van der Waals surface area contributed by atoms with Gasteiger partial charge in [-0.25, -0.2) is 12.8 Å². The zero-order valence-corrected chi connectivity index (χ0v) is 15.1. The summed E-state index contributed by atoms with van der Waals surface area (Å²) in [7, 11) is -4.02. The molecule has 25 heavy (non-hydrogen) atoms. The van der Waals surface area contributed by atoms with Crippen molar-refractivity contribution in [3.63, 3.8) is 0 Å². The molecule has 0 spiro atoms. The lowest BCUT2D eigenvalue weighted by Gasteiger charge is -2.11. The highest BCUT2D eigenvalue weighted by atomic mass is 35.5. The summed E-state index contributed by atoms with van der Waals surface area (Å²) in [6.45, 7) is 2.51. The van der Waals surface area contributed by atoms with Gasteiger partial charge in [-0.05, 0) is 48.9 Å². The zero-order valence-electron chi connectivity index (χ0n) is 13.6. The van der Waals surface area contributed by atoms with Crippen molar-refractivity contribution in [2.75, 3.05) is 11.3 Å². The quantitative estimate of drug-likeness (QED) is 0.713. The van der Waals surface area contributed by atoms with Gasteiger partial charge in [0, 0.05) is 17.8 Å². The second kappa shape index (κ2) is 8.31. The third-order valence-electron chi connectivity index (χ3n) is 3.40. The van der Waals surface area contributed by atoms with Crippen molar-refractivity contribution in [3.8, 4) is 0 Å². The summed E-state index contributed by atoms with van der Waals surface area (Å²) in [6.07, 6.45) is 1.76. The van der Waals surface area contributed by atoms with Gasteiger partial charge in [0.05, 0.1) is 5.02 Å². The van der Waals surface area contributed by atoms with Crippen LogP contribution in [0.25, 0.3) is 0 Å². The fraction of sp³-hybridized carbons (Fsp3) is 0.235. The first-order valence-electron chi connectivity index (χ1n) is 7.69. The molecule has 2 aromatic rings. The first kappa shape index (κ1) is 19.2. The second-order valence-electron chi connectivity index (χ2n) is 5.37. The topological polar surface area (TPSA) is 75.3 Å². The van der Waals surface area contributed by atoms with Gasteiger partial charge in [-0.1, -0.05) is 24.9 Å². The molecule has 0 atom stereocenters. The van der Waals surface area contributed by atoms with Crippen molar-refractivity contribution >= 4 is 33.2 Å². The molecule has 0 unspecified atom stereocenters. The van der Waals surface area contributed by atoms with Crippen LogP contribution in [0, 0.1) is 5.82 Å². The smallest absolute Gasteiger partial charge is 0.263 e. The van der Waals surface area contributed by atoms with Crippen LogP contribution in [0.15, 0.2) is 47.4 Å². The number of rotatable bonds is 7. The lowest BCUT2D eigenvalue weighted by Crippen LogP contribution is -2.24. The largest absolute Gasteiger partial charge is 0.352 e. The number of unbranched alkanes of at least 4 members (excludes halogenated alkanes) is 1. The number of hydrogen-bond donors (Lipinski definition) is 2. The van der Waals surface area contributed by atoms with E-state index in [1.807, 2.05) is 6.92 Å². The third-order valence-corrected chi connectivity index (χ3v) is 5.26. The highest BCUT2D eigenvalue weighted by molar-refractivity contribution is 7.92. The van der Waals surface area contributed by atoms with E-state index >= 15 is 0 Å². The van der Waals surface area contributed by atoms with Crippen LogP contribution in [-0.4, -0.2) is 20.9 Å². The van der Waals surface area contributed by atoms with Crippen LogP contribution in [-0.2, 0) is 10.0 Å². The summed E-state index contributed by atoms with van der Waals surface area (Å²) >= 11 is 5.99. The Morgan fingerprint density at radius 1 is 1.16 bits per heavy atom. The van der Waals surface area contributed by atoms with Gasteiger partial charge in [-0.3, -0.25) is 9.52 Å². The number of sulfonamides is 1. The van der Waals surface area contributed by atoms with Gasteiger partial charge >= 0.3 is 0 Å². The Bertz CT molecular complexity index is 855. The maximum atomic E-state index is 12.9.